The first-order chi connectivity index (χ1) is 7.59. The van der Waals surface area contributed by atoms with Gasteiger partial charge in [-0.15, -0.1) is 0 Å². The summed E-state index contributed by atoms with van der Waals surface area (Å²) >= 11 is 0. The smallest absolute Gasteiger partial charge is 0.119 e. The normalized spacial score (nSPS) is 23.3. The van der Waals surface area contributed by atoms with Crippen LogP contribution in [0.2, 0.25) is 0 Å². The summed E-state index contributed by atoms with van der Waals surface area (Å²) in [6, 6.07) is 8.11. The van der Waals surface area contributed by atoms with Crippen LogP contribution < -0.4 is 10.1 Å². The van der Waals surface area contributed by atoms with Gasteiger partial charge in [-0.05, 0) is 31.5 Å². The molecule has 88 valence electrons. The Labute approximate surface area is 96.8 Å². The lowest BCUT2D eigenvalue weighted by Crippen LogP contribution is -2.39. The highest BCUT2D eigenvalue weighted by Gasteiger charge is 2.30. The molecule has 0 aromatic heterocycles. The van der Waals surface area contributed by atoms with Crippen LogP contribution in [0.1, 0.15) is 19.4 Å². The van der Waals surface area contributed by atoms with Crippen LogP contribution >= 0.6 is 0 Å². The molecule has 0 aliphatic carbocycles. The Balaban J connectivity index is 1.99. The highest BCUT2D eigenvalue weighted by molar-refractivity contribution is 5.28. The fourth-order valence-electron chi connectivity index (χ4n) is 1.95. The van der Waals surface area contributed by atoms with Crippen molar-refractivity contribution in [3.8, 4) is 5.75 Å². The van der Waals surface area contributed by atoms with E-state index in [1.54, 1.807) is 7.11 Å². The zero-order valence-electron chi connectivity index (χ0n) is 10.1. The Bertz CT molecular complexity index is 363. The predicted octanol–water partition coefficient (Wildman–Crippen LogP) is 1.96. The molecule has 1 unspecified atom stereocenters. The van der Waals surface area contributed by atoms with Crippen molar-refractivity contribution in [2.24, 2.45) is 0 Å². The number of nitrogens with one attached hydrogen (secondary N) is 1. The summed E-state index contributed by atoms with van der Waals surface area (Å²) < 4.78 is 10.9. The maximum Gasteiger partial charge on any atom is 0.119 e. The molecule has 1 aromatic carbocycles. The van der Waals surface area contributed by atoms with E-state index in [1.807, 2.05) is 12.1 Å². The summed E-state index contributed by atoms with van der Waals surface area (Å²) in [5.74, 6) is 0.898. The number of ether oxygens (including phenoxy) is 2. The number of benzene rings is 1. The van der Waals surface area contributed by atoms with Crippen molar-refractivity contribution < 1.29 is 9.47 Å². The van der Waals surface area contributed by atoms with Gasteiger partial charge in [0.15, 0.2) is 0 Å². The van der Waals surface area contributed by atoms with Crippen molar-refractivity contribution in [3.63, 3.8) is 0 Å². The quantitative estimate of drug-likeness (QED) is 0.846. The zero-order valence-corrected chi connectivity index (χ0v) is 10.1. The van der Waals surface area contributed by atoms with Crippen LogP contribution in [0.5, 0.6) is 5.75 Å². The van der Waals surface area contributed by atoms with E-state index in [4.69, 9.17) is 9.47 Å². The first kappa shape index (κ1) is 11.4. The lowest BCUT2D eigenvalue weighted by Gasteiger charge is -2.17. The van der Waals surface area contributed by atoms with Crippen LogP contribution in [0.4, 0.5) is 0 Å². The van der Waals surface area contributed by atoms with E-state index in [0.717, 1.165) is 18.8 Å². The van der Waals surface area contributed by atoms with Crippen molar-refractivity contribution in [2.75, 3.05) is 13.7 Å². The molecule has 1 heterocycles. The van der Waals surface area contributed by atoms with Crippen LogP contribution in [0.3, 0.4) is 0 Å². The van der Waals surface area contributed by atoms with Gasteiger partial charge in [0.1, 0.15) is 12.0 Å². The molecule has 1 aromatic rings. The van der Waals surface area contributed by atoms with Crippen LogP contribution in [0.25, 0.3) is 0 Å². The molecule has 1 aliphatic heterocycles. The number of hydrogen-bond acceptors (Lipinski definition) is 3. The second-order valence-electron chi connectivity index (χ2n) is 4.88. The van der Waals surface area contributed by atoms with E-state index < -0.39 is 0 Å². The summed E-state index contributed by atoms with van der Waals surface area (Å²) in [5, 5.41) is 3.45. The highest BCUT2D eigenvalue weighted by Crippen LogP contribution is 2.19. The molecule has 0 saturated carbocycles. The van der Waals surface area contributed by atoms with Gasteiger partial charge in [-0.25, -0.2) is 0 Å². The third-order valence-corrected chi connectivity index (χ3v) is 2.75. The molecular weight excluding hydrogens is 202 g/mol. The molecule has 0 spiro atoms. The Morgan fingerprint density at radius 3 is 2.94 bits per heavy atom. The molecule has 0 amide bonds. The van der Waals surface area contributed by atoms with Crippen LogP contribution in [0, 0.1) is 0 Å². The first-order valence-corrected chi connectivity index (χ1v) is 5.61. The zero-order chi connectivity index (χ0) is 11.6. The minimum Gasteiger partial charge on any atom is -0.497 e. The van der Waals surface area contributed by atoms with Crippen molar-refractivity contribution in [2.45, 2.75) is 32.0 Å². The van der Waals surface area contributed by atoms with Crippen molar-refractivity contribution in [3.05, 3.63) is 29.8 Å². The summed E-state index contributed by atoms with van der Waals surface area (Å²) in [7, 11) is 1.69. The van der Waals surface area contributed by atoms with E-state index in [-0.39, 0.29) is 11.8 Å². The average Bonchev–Trinajstić information content (AvgIpc) is 2.58. The molecule has 1 aliphatic rings. The summed E-state index contributed by atoms with van der Waals surface area (Å²) in [4.78, 5) is 0. The van der Waals surface area contributed by atoms with Gasteiger partial charge in [0.2, 0.25) is 0 Å². The third-order valence-electron chi connectivity index (χ3n) is 2.75. The van der Waals surface area contributed by atoms with E-state index in [0.29, 0.717) is 0 Å². The van der Waals surface area contributed by atoms with E-state index in [9.17, 15) is 0 Å². The molecule has 1 N–H and O–H groups in total. The number of hydrogen-bond donors (Lipinski definition) is 1. The topological polar surface area (TPSA) is 30.5 Å². The van der Waals surface area contributed by atoms with Gasteiger partial charge in [0.25, 0.3) is 0 Å². The van der Waals surface area contributed by atoms with Crippen LogP contribution in [-0.2, 0) is 11.2 Å². The maximum atomic E-state index is 5.69. The third kappa shape index (κ3) is 2.74. The largest absolute Gasteiger partial charge is 0.497 e. The van der Waals surface area contributed by atoms with Crippen LogP contribution in [-0.4, -0.2) is 25.5 Å². The van der Waals surface area contributed by atoms with Crippen LogP contribution in [0.15, 0.2) is 24.3 Å². The van der Waals surface area contributed by atoms with Gasteiger partial charge in [-0.2, -0.15) is 0 Å². The molecule has 2 rings (SSSR count). The minimum atomic E-state index is 0.0868. The monoisotopic (exact) mass is 221 g/mol. The summed E-state index contributed by atoms with van der Waals surface area (Å²) in [6.07, 6.45) is 0.989. The molecule has 0 radical (unpaired) electrons. The number of methoxy groups -OCH3 is 1. The Kier molecular flexibility index (Phi) is 3.17. The molecule has 1 atom stereocenters. The second-order valence-corrected chi connectivity index (χ2v) is 4.88. The van der Waals surface area contributed by atoms with Crippen molar-refractivity contribution >= 4 is 0 Å². The average molecular weight is 221 g/mol. The molecule has 0 bridgehead atoms. The molecular formula is C13H19NO2. The molecule has 3 heteroatoms. The van der Waals surface area contributed by atoms with Gasteiger partial charge >= 0.3 is 0 Å². The predicted molar refractivity (Wildman–Crippen MR) is 63.7 cm³/mol. The van der Waals surface area contributed by atoms with E-state index >= 15 is 0 Å². The Morgan fingerprint density at radius 1 is 1.50 bits per heavy atom. The maximum absolute atomic E-state index is 5.69. The summed E-state index contributed by atoms with van der Waals surface area (Å²) in [6.45, 7) is 5.07. The Hall–Kier alpha value is -1.06. The molecule has 1 fully saturated rings. The molecule has 16 heavy (non-hydrogen) atoms. The number of rotatable bonds is 3. The van der Waals surface area contributed by atoms with Gasteiger partial charge in [-0.3, -0.25) is 5.32 Å². The van der Waals surface area contributed by atoms with Gasteiger partial charge in [0, 0.05) is 12.0 Å². The van der Waals surface area contributed by atoms with Crippen molar-refractivity contribution in [1.82, 2.24) is 5.32 Å². The fraction of sp³-hybridized carbons (Fsp3) is 0.538. The lowest BCUT2D eigenvalue weighted by molar-refractivity contribution is 0.0987. The highest BCUT2D eigenvalue weighted by atomic mass is 16.5. The van der Waals surface area contributed by atoms with E-state index in [1.165, 1.54) is 5.56 Å². The SMILES string of the molecule is COc1cccc(CC2NC(C)(C)CO2)c1. The lowest BCUT2D eigenvalue weighted by atomic mass is 10.1. The minimum absolute atomic E-state index is 0.0868. The fourth-order valence-corrected chi connectivity index (χ4v) is 1.95. The van der Waals surface area contributed by atoms with Gasteiger partial charge in [-0.1, -0.05) is 12.1 Å². The first-order valence-electron chi connectivity index (χ1n) is 5.61. The van der Waals surface area contributed by atoms with Crippen molar-refractivity contribution in [1.29, 1.82) is 0 Å². The molecule has 3 nitrogen and oxygen atoms in total. The Morgan fingerprint density at radius 2 is 2.31 bits per heavy atom. The van der Waals surface area contributed by atoms with Gasteiger partial charge < -0.3 is 9.47 Å². The standard InChI is InChI=1S/C13H19NO2/c1-13(2)9-16-12(14-13)8-10-5-4-6-11(7-10)15-3/h4-7,12,14H,8-9H2,1-3H3. The van der Waals surface area contributed by atoms with E-state index in [2.05, 4.69) is 31.3 Å². The summed E-state index contributed by atoms with van der Waals surface area (Å²) in [5.41, 5.74) is 1.32. The second kappa shape index (κ2) is 4.44. The van der Waals surface area contributed by atoms with Gasteiger partial charge in [0.05, 0.1) is 13.7 Å². The molecule has 1 saturated heterocycles.